The van der Waals surface area contributed by atoms with Gasteiger partial charge in [-0.3, -0.25) is 4.79 Å². The predicted octanol–water partition coefficient (Wildman–Crippen LogP) is 7.65. The summed E-state index contributed by atoms with van der Waals surface area (Å²) in [6, 6.07) is 11.9. The molecule has 2 aromatic carbocycles. The number of carbonyl (C=O) groups is 3. The number of ether oxygens (including phenoxy) is 2. The van der Waals surface area contributed by atoms with E-state index in [1.807, 2.05) is 0 Å². The zero-order valence-electron chi connectivity index (χ0n) is 31.8. The largest absolute Gasteiger partial charge is 0.456 e. The van der Waals surface area contributed by atoms with Gasteiger partial charge < -0.3 is 9.47 Å². The van der Waals surface area contributed by atoms with Gasteiger partial charge in [0.15, 0.2) is 19.0 Å². The fraction of sp³-hybridized carbons (Fsp3) is 0.595. The molecule has 0 aliphatic carbocycles. The number of hydrogen-bond donors (Lipinski definition) is 0. The minimum absolute atomic E-state index is 0.191. The molecule has 0 bridgehead atoms. The van der Waals surface area contributed by atoms with Crippen molar-refractivity contribution < 1.29 is 63.0 Å². The molecule has 0 unspecified atom stereocenters. The molecule has 0 atom stereocenters. The van der Waals surface area contributed by atoms with E-state index in [1.54, 1.807) is 83.1 Å². The smallest absolute Gasteiger partial charge is 0.338 e. The van der Waals surface area contributed by atoms with Gasteiger partial charge in [0.1, 0.15) is 0 Å². The van der Waals surface area contributed by atoms with E-state index in [1.165, 1.54) is 62.4 Å². The molecule has 0 aromatic heterocycles. The monoisotopic (exact) mass is 706 g/mol. The summed E-state index contributed by atoms with van der Waals surface area (Å²) in [5.74, 6) is -4.84. The summed E-state index contributed by atoms with van der Waals surface area (Å²) < 4.78 is 10.9. The first kappa shape index (κ1) is 42.9. The van der Waals surface area contributed by atoms with E-state index in [9.17, 15) is 14.4 Å². The third kappa shape index (κ3) is 16.2. The minimum Gasteiger partial charge on any atom is -0.456 e. The van der Waals surface area contributed by atoms with Crippen LogP contribution in [0.1, 0.15) is 134 Å². The van der Waals surface area contributed by atoms with E-state index in [4.69, 9.17) is 48.6 Å². The second kappa shape index (κ2) is 16.8. The lowest BCUT2D eigenvalue weighted by atomic mass is 10.0. The van der Waals surface area contributed by atoms with Crippen molar-refractivity contribution in [3.63, 3.8) is 0 Å². The Morgan fingerprint density at radius 1 is 0.380 bits per heavy atom. The van der Waals surface area contributed by atoms with Crippen molar-refractivity contribution in [1.82, 2.24) is 0 Å². The molecule has 13 nitrogen and oxygen atoms in total. The van der Waals surface area contributed by atoms with Crippen LogP contribution in [0.4, 0.5) is 0 Å². The first-order valence-corrected chi connectivity index (χ1v) is 16.2. The van der Waals surface area contributed by atoms with Gasteiger partial charge in [-0.05, 0) is 121 Å². The fourth-order valence-corrected chi connectivity index (χ4v) is 3.22. The Labute approximate surface area is 295 Å². The van der Waals surface area contributed by atoms with Crippen LogP contribution in [-0.4, -0.2) is 64.9 Å². The molecular weight excluding hydrogens is 652 g/mol. The number of ketones is 1. The van der Waals surface area contributed by atoms with Crippen molar-refractivity contribution in [2.24, 2.45) is 0 Å². The molecule has 2 rings (SSSR count). The number of rotatable bonds is 16. The Morgan fingerprint density at radius 2 is 0.600 bits per heavy atom. The van der Waals surface area contributed by atoms with Gasteiger partial charge in [-0.2, -0.15) is 19.6 Å². The second-order valence-corrected chi connectivity index (χ2v) is 16.0. The third-order valence-corrected chi connectivity index (χ3v) is 5.57. The zero-order valence-corrected chi connectivity index (χ0v) is 31.8. The number of esters is 2. The minimum atomic E-state index is -1.58. The van der Waals surface area contributed by atoms with Crippen LogP contribution in [-0.2, 0) is 48.6 Å². The van der Waals surface area contributed by atoms with Gasteiger partial charge in [-0.1, -0.05) is 24.3 Å². The Bertz CT molecular complexity index is 1260. The van der Waals surface area contributed by atoms with Crippen molar-refractivity contribution in [2.75, 3.05) is 13.2 Å². The molecule has 280 valence electrons. The van der Waals surface area contributed by atoms with Crippen LogP contribution in [0.2, 0.25) is 0 Å². The lowest BCUT2D eigenvalue weighted by Crippen LogP contribution is -2.42. The topological polar surface area (TPSA) is 144 Å². The van der Waals surface area contributed by atoms with Gasteiger partial charge in [0.25, 0.3) is 11.6 Å². The molecule has 0 saturated carbocycles. The highest BCUT2D eigenvalue weighted by Gasteiger charge is 2.37. The summed E-state index contributed by atoms with van der Waals surface area (Å²) in [5, 5.41) is 0. The SMILES string of the molecule is CC(C)(C)OOC(C)(COC(=O)c1ccc(C(=O)c2ccc(C(=O)OCC(C)(OOC(C)(C)C)OOC(C)(C)C)cc2)cc1)OOC(C)(C)C. The van der Waals surface area contributed by atoms with Crippen LogP contribution in [0.15, 0.2) is 48.5 Å². The van der Waals surface area contributed by atoms with Crippen LogP contribution in [0.3, 0.4) is 0 Å². The van der Waals surface area contributed by atoms with Crippen molar-refractivity contribution >= 4 is 17.7 Å². The van der Waals surface area contributed by atoms with E-state index in [0.29, 0.717) is 11.1 Å². The Morgan fingerprint density at radius 3 is 0.820 bits per heavy atom. The molecule has 0 spiro atoms. The first-order valence-electron chi connectivity index (χ1n) is 16.2. The van der Waals surface area contributed by atoms with Crippen molar-refractivity contribution in [2.45, 2.75) is 131 Å². The molecule has 13 heteroatoms. The van der Waals surface area contributed by atoms with Gasteiger partial charge in [0.2, 0.25) is 0 Å². The van der Waals surface area contributed by atoms with Crippen LogP contribution < -0.4 is 0 Å². The van der Waals surface area contributed by atoms with Crippen molar-refractivity contribution in [1.29, 1.82) is 0 Å². The molecule has 0 aliphatic rings. The maximum Gasteiger partial charge on any atom is 0.338 e. The molecule has 0 aliphatic heterocycles. The average Bonchev–Trinajstić information content (AvgIpc) is 3.01. The van der Waals surface area contributed by atoms with E-state index in [0.717, 1.165) is 0 Å². The summed E-state index contributed by atoms with van der Waals surface area (Å²) in [4.78, 5) is 82.2. The van der Waals surface area contributed by atoms with Crippen LogP contribution >= 0.6 is 0 Å². The summed E-state index contributed by atoms with van der Waals surface area (Å²) in [6.07, 6.45) is 0. The fourth-order valence-electron chi connectivity index (χ4n) is 3.22. The maximum absolute atomic E-state index is 13.2. The molecule has 0 fully saturated rings. The average molecular weight is 707 g/mol. The number of benzene rings is 2. The van der Waals surface area contributed by atoms with Crippen LogP contribution in [0.25, 0.3) is 0 Å². The molecule has 0 amide bonds. The molecule has 2 aromatic rings. The lowest BCUT2D eigenvalue weighted by molar-refractivity contribution is -0.539. The van der Waals surface area contributed by atoms with Gasteiger partial charge in [0.05, 0.1) is 33.5 Å². The lowest BCUT2D eigenvalue weighted by Gasteiger charge is -2.32. The van der Waals surface area contributed by atoms with Crippen LogP contribution in [0.5, 0.6) is 0 Å². The van der Waals surface area contributed by atoms with Gasteiger partial charge >= 0.3 is 11.9 Å². The quantitative estimate of drug-likeness (QED) is 0.0555. The Kier molecular flexibility index (Phi) is 14.4. The molecule has 0 saturated heterocycles. The maximum atomic E-state index is 13.2. The Hall–Kier alpha value is -3.27. The summed E-state index contributed by atoms with van der Waals surface area (Å²) >= 11 is 0. The molecule has 0 N–H and O–H groups in total. The van der Waals surface area contributed by atoms with Gasteiger partial charge in [0, 0.05) is 11.1 Å². The highest BCUT2D eigenvalue weighted by molar-refractivity contribution is 6.09. The summed E-state index contributed by atoms with van der Waals surface area (Å²) in [7, 11) is 0. The normalized spacial score (nSPS) is 13.2. The Balaban J connectivity index is 2.05. The summed E-state index contributed by atoms with van der Waals surface area (Å²) in [5.41, 5.74) is -1.66. The van der Waals surface area contributed by atoms with E-state index >= 15 is 0 Å². The first-order chi connectivity index (χ1) is 22.7. The highest BCUT2D eigenvalue weighted by Crippen LogP contribution is 2.25. The molecule has 0 radical (unpaired) electrons. The second-order valence-electron chi connectivity index (χ2n) is 16.0. The standard InChI is InChI=1S/C37H54O13/c1-32(2,3)43-47-36(13,48-44-33(4,5)6)23-41-30(39)27-19-15-25(16-20-27)29(38)26-17-21-28(22-18-26)31(40)42-24-37(14,49-45-34(7,8)9)50-46-35(10,11)12/h15-22H,23-24H2,1-14H3. The zero-order chi connectivity index (χ0) is 38.2. The molecular formula is C37H54O13. The van der Waals surface area contributed by atoms with E-state index < -0.39 is 45.9 Å². The van der Waals surface area contributed by atoms with Gasteiger partial charge in [-0.25, -0.2) is 29.1 Å². The van der Waals surface area contributed by atoms with Gasteiger partial charge in [-0.15, -0.1) is 0 Å². The number of carbonyl (C=O) groups excluding carboxylic acids is 3. The van der Waals surface area contributed by atoms with E-state index in [2.05, 4.69) is 0 Å². The van der Waals surface area contributed by atoms with E-state index in [-0.39, 0.29) is 30.1 Å². The third-order valence-electron chi connectivity index (χ3n) is 5.57. The molecule has 0 heterocycles. The predicted molar refractivity (Wildman–Crippen MR) is 181 cm³/mol. The van der Waals surface area contributed by atoms with Crippen molar-refractivity contribution in [3.05, 3.63) is 70.8 Å². The van der Waals surface area contributed by atoms with Crippen molar-refractivity contribution in [3.8, 4) is 0 Å². The number of hydrogen-bond acceptors (Lipinski definition) is 13. The van der Waals surface area contributed by atoms with Crippen LogP contribution in [0, 0.1) is 0 Å². The summed E-state index contributed by atoms with van der Waals surface area (Å²) in [6.45, 7) is 23.7. The highest BCUT2D eigenvalue weighted by atomic mass is 17.3. The molecule has 50 heavy (non-hydrogen) atoms.